The summed E-state index contributed by atoms with van der Waals surface area (Å²) in [6.45, 7) is 5.87. The molecular weight excluding hydrogens is 563 g/mol. The first kappa shape index (κ1) is 42.5. The minimum atomic E-state index is -4.19. The SMILES string of the molecule is CCCCCCCCCCCCCCCCCC(=O)NC[C@@H](COP(=O)(O)OCC[N+](C)(C)C)OCCCCCCCC. The average molecular weight is 636 g/mol. The topological polar surface area (TPSA) is 94.1 Å². The first-order valence-electron chi connectivity index (χ1n) is 17.9. The van der Waals surface area contributed by atoms with E-state index in [1.807, 2.05) is 21.1 Å². The number of unbranched alkanes of at least 4 members (excludes halogenated alkanes) is 19. The molecule has 0 saturated heterocycles. The average Bonchev–Trinajstić information content (AvgIpc) is 2.94. The van der Waals surface area contributed by atoms with Gasteiger partial charge in [0.15, 0.2) is 0 Å². The third-order valence-electron chi connectivity index (χ3n) is 7.83. The Balaban J connectivity index is 4.12. The molecule has 0 rings (SSSR count). The van der Waals surface area contributed by atoms with E-state index in [0.717, 1.165) is 25.7 Å². The minimum Gasteiger partial charge on any atom is -0.374 e. The Morgan fingerprint density at radius 2 is 1.12 bits per heavy atom. The van der Waals surface area contributed by atoms with E-state index in [1.165, 1.54) is 109 Å². The zero-order valence-electron chi connectivity index (χ0n) is 29.1. The molecule has 9 heteroatoms. The van der Waals surface area contributed by atoms with Gasteiger partial charge in [0.1, 0.15) is 13.2 Å². The molecule has 0 saturated carbocycles. The summed E-state index contributed by atoms with van der Waals surface area (Å²) >= 11 is 0. The quantitative estimate of drug-likeness (QED) is 0.0425. The molecule has 0 aromatic rings. The number of amides is 1. The molecule has 43 heavy (non-hydrogen) atoms. The number of hydrogen-bond acceptors (Lipinski definition) is 5. The molecule has 1 amide bonds. The van der Waals surface area contributed by atoms with E-state index in [0.29, 0.717) is 24.1 Å². The maximum absolute atomic E-state index is 12.5. The number of nitrogens with zero attached hydrogens (tertiary/aromatic N) is 1. The van der Waals surface area contributed by atoms with Crippen LogP contribution in [0.5, 0.6) is 0 Å². The highest BCUT2D eigenvalue weighted by Gasteiger charge is 2.25. The number of hydrogen-bond donors (Lipinski definition) is 2. The number of ether oxygens (including phenoxy) is 1. The molecule has 0 spiro atoms. The van der Waals surface area contributed by atoms with E-state index in [1.54, 1.807) is 0 Å². The van der Waals surface area contributed by atoms with E-state index < -0.39 is 13.9 Å². The Morgan fingerprint density at radius 3 is 1.58 bits per heavy atom. The van der Waals surface area contributed by atoms with Crippen molar-refractivity contribution in [2.75, 3.05) is 54.1 Å². The largest absolute Gasteiger partial charge is 0.472 e. The number of phosphoric acid groups is 1. The number of phosphoric ester groups is 1. The summed E-state index contributed by atoms with van der Waals surface area (Å²) in [6.07, 6.45) is 26.4. The van der Waals surface area contributed by atoms with Crippen LogP contribution in [0, 0.1) is 0 Å². The third-order valence-corrected chi connectivity index (χ3v) is 8.81. The van der Waals surface area contributed by atoms with E-state index >= 15 is 0 Å². The Labute approximate surface area is 266 Å². The first-order valence-corrected chi connectivity index (χ1v) is 19.4. The predicted molar refractivity (Wildman–Crippen MR) is 180 cm³/mol. The van der Waals surface area contributed by atoms with Gasteiger partial charge in [0.2, 0.25) is 5.91 Å². The fraction of sp³-hybridized carbons (Fsp3) is 0.971. The second-order valence-corrected chi connectivity index (χ2v) is 14.8. The van der Waals surface area contributed by atoms with Gasteiger partial charge in [-0.3, -0.25) is 13.8 Å². The van der Waals surface area contributed by atoms with Crippen LogP contribution in [-0.2, 0) is 23.1 Å². The van der Waals surface area contributed by atoms with Gasteiger partial charge in [-0.2, -0.15) is 0 Å². The third kappa shape index (κ3) is 32.7. The molecule has 0 aromatic heterocycles. The summed E-state index contributed by atoms with van der Waals surface area (Å²) in [5.41, 5.74) is 0. The van der Waals surface area contributed by atoms with Gasteiger partial charge in [-0.15, -0.1) is 0 Å². The molecule has 0 bridgehead atoms. The maximum Gasteiger partial charge on any atom is 0.472 e. The fourth-order valence-electron chi connectivity index (χ4n) is 4.92. The molecule has 0 radical (unpaired) electrons. The standard InChI is InChI=1S/C34H71N2O6P/c1-6-8-10-12-14-15-16-17-18-19-20-21-22-23-25-27-34(37)35-31-33(40-29-26-24-13-11-9-7-2)32-42-43(38,39)41-30-28-36(3,4)5/h33H,6-32H2,1-5H3,(H-,35,37,38,39)/p+1/t33-/m0/s1. The molecule has 0 aromatic carbocycles. The number of likely N-dealkylation sites (N-methyl/N-ethyl adjacent to an activating group) is 1. The molecule has 8 nitrogen and oxygen atoms in total. The summed E-state index contributed by atoms with van der Waals surface area (Å²) in [6, 6.07) is 0. The second-order valence-electron chi connectivity index (χ2n) is 13.4. The van der Waals surface area contributed by atoms with Crippen molar-refractivity contribution < 1.29 is 32.5 Å². The smallest absolute Gasteiger partial charge is 0.374 e. The van der Waals surface area contributed by atoms with Gasteiger partial charge in [-0.25, -0.2) is 4.57 Å². The van der Waals surface area contributed by atoms with Gasteiger partial charge in [-0.1, -0.05) is 136 Å². The predicted octanol–water partition coefficient (Wildman–Crippen LogP) is 8.95. The number of nitrogens with one attached hydrogen (secondary N) is 1. The summed E-state index contributed by atoms with van der Waals surface area (Å²) in [4.78, 5) is 22.5. The van der Waals surface area contributed by atoms with E-state index in [9.17, 15) is 14.3 Å². The van der Waals surface area contributed by atoms with Gasteiger partial charge in [0.05, 0.1) is 33.9 Å². The molecule has 1 unspecified atom stereocenters. The van der Waals surface area contributed by atoms with Gasteiger partial charge in [-0.05, 0) is 12.8 Å². The highest BCUT2D eigenvalue weighted by atomic mass is 31.2. The van der Waals surface area contributed by atoms with Crippen molar-refractivity contribution >= 4 is 13.7 Å². The molecule has 2 atom stereocenters. The highest BCUT2D eigenvalue weighted by molar-refractivity contribution is 7.47. The number of rotatable bonds is 33. The normalized spacial score (nSPS) is 14.1. The molecule has 0 aliphatic rings. The first-order chi connectivity index (χ1) is 20.6. The zero-order chi connectivity index (χ0) is 32.1. The maximum atomic E-state index is 12.5. The van der Waals surface area contributed by atoms with Crippen molar-refractivity contribution in [1.29, 1.82) is 0 Å². The van der Waals surface area contributed by atoms with Gasteiger partial charge in [0.25, 0.3) is 0 Å². The Morgan fingerprint density at radius 1 is 0.674 bits per heavy atom. The van der Waals surface area contributed by atoms with Crippen LogP contribution in [-0.4, -0.2) is 75.4 Å². The number of carbonyl (C=O) groups is 1. The van der Waals surface area contributed by atoms with Crippen molar-refractivity contribution in [2.24, 2.45) is 0 Å². The summed E-state index contributed by atoms with van der Waals surface area (Å²) in [5.74, 6) is -0.00534. The van der Waals surface area contributed by atoms with Crippen molar-refractivity contribution in [3.05, 3.63) is 0 Å². The zero-order valence-corrected chi connectivity index (χ0v) is 29.9. The van der Waals surface area contributed by atoms with Gasteiger partial charge < -0.3 is 19.4 Å². The van der Waals surface area contributed by atoms with Gasteiger partial charge >= 0.3 is 7.82 Å². The lowest BCUT2D eigenvalue weighted by Gasteiger charge is -2.24. The molecule has 0 aliphatic carbocycles. The van der Waals surface area contributed by atoms with Crippen LogP contribution in [0.25, 0.3) is 0 Å². The van der Waals surface area contributed by atoms with Crippen LogP contribution in [0.15, 0.2) is 0 Å². The Kier molecular flexibility index (Phi) is 28.6. The van der Waals surface area contributed by atoms with Crippen molar-refractivity contribution in [3.8, 4) is 0 Å². The van der Waals surface area contributed by atoms with Crippen molar-refractivity contribution in [1.82, 2.24) is 5.32 Å². The van der Waals surface area contributed by atoms with E-state index in [2.05, 4.69) is 19.2 Å². The van der Waals surface area contributed by atoms with Crippen LogP contribution in [0.1, 0.15) is 155 Å². The Bertz CT molecular complexity index is 674. The van der Waals surface area contributed by atoms with Crippen LogP contribution < -0.4 is 5.32 Å². The molecule has 0 aliphatic heterocycles. The number of quaternary nitrogens is 1. The molecular formula is C34H72N2O6P+. The number of carbonyl (C=O) groups excluding carboxylic acids is 1. The molecule has 0 heterocycles. The summed E-state index contributed by atoms with van der Waals surface area (Å²) in [5, 5.41) is 2.94. The van der Waals surface area contributed by atoms with Gasteiger partial charge in [0, 0.05) is 19.6 Å². The highest BCUT2D eigenvalue weighted by Crippen LogP contribution is 2.43. The lowest BCUT2D eigenvalue weighted by atomic mass is 10.0. The molecule has 2 N–H and O–H groups in total. The lowest BCUT2D eigenvalue weighted by molar-refractivity contribution is -0.870. The van der Waals surface area contributed by atoms with Crippen molar-refractivity contribution in [3.63, 3.8) is 0 Å². The fourth-order valence-corrected chi connectivity index (χ4v) is 5.66. The van der Waals surface area contributed by atoms with Crippen LogP contribution in [0.3, 0.4) is 0 Å². The summed E-state index contributed by atoms with van der Waals surface area (Å²) < 4.78 is 29.3. The molecule has 258 valence electrons. The summed E-state index contributed by atoms with van der Waals surface area (Å²) in [7, 11) is 1.77. The van der Waals surface area contributed by atoms with E-state index in [-0.39, 0.29) is 25.7 Å². The molecule has 0 fully saturated rings. The minimum absolute atomic E-state index is 0.00534. The van der Waals surface area contributed by atoms with Crippen molar-refractivity contribution in [2.45, 2.75) is 161 Å². The lowest BCUT2D eigenvalue weighted by Crippen LogP contribution is -2.37. The van der Waals surface area contributed by atoms with Crippen LogP contribution in [0.4, 0.5) is 0 Å². The monoisotopic (exact) mass is 636 g/mol. The van der Waals surface area contributed by atoms with Crippen LogP contribution in [0.2, 0.25) is 0 Å². The second kappa shape index (κ2) is 28.9. The van der Waals surface area contributed by atoms with E-state index in [4.69, 9.17) is 13.8 Å². The van der Waals surface area contributed by atoms with Crippen LogP contribution >= 0.6 is 7.82 Å². The Hall–Kier alpha value is -0.500.